The zero-order valence-electron chi connectivity index (χ0n) is 6.33. The fourth-order valence-corrected chi connectivity index (χ4v) is 1.56. The van der Waals surface area contributed by atoms with Crippen LogP contribution in [0.3, 0.4) is 0 Å². The van der Waals surface area contributed by atoms with E-state index >= 15 is 0 Å². The molecule has 0 aliphatic heterocycles. The Morgan fingerprint density at radius 3 is 2.40 bits per heavy atom. The average Bonchev–Trinajstić information content (AvgIpc) is 1.87. The van der Waals surface area contributed by atoms with Gasteiger partial charge in [-0.05, 0) is 30.4 Å². The first-order chi connectivity index (χ1) is 4.52. The van der Waals surface area contributed by atoms with Crippen LogP contribution in [0.2, 0.25) is 0 Å². The zero-order chi connectivity index (χ0) is 8.20. The zero-order valence-corrected chi connectivity index (χ0v) is 7.96. The summed E-state index contributed by atoms with van der Waals surface area (Å²) < 4.78 is 26.1. The summed E-state index contributed by atoms with van der Waals surface area (Å²) in [5.74, 6) is 0. The van der Waals surface area contributed by atoms with Gasteiger partial charge in [-0.25, -0.2) is 0 Å². The Morgan fingerprint density at radius 1 is 1.60 bits per heavy atom. The van der Waals surface area contributed by atoms with Crippen molar-refractivity contribution in [1.29, 1.82) is 0 Å². The highest BCUT2D eigenvalue weighted by atomic mass is 33.1. The van der Waals surface area contributed by atoms with Crippen molar-refractivity contribution >= 4 is 19.9 Å². The smallest absolute Gasteiger partial charge is 0.259 e. The van der Waals surface area contributed by atoms with E-state index in [4.69, 9.17) is 0 Å². The first-order valence-electron chi connectivity index (χ1n) is 3.00. The Bertz CT molecular complexity index is 173. The van der Waals surface area contributed by atoms with Gasteiger partial charge < -0.3 is 0 Å². The summed E-state index contributed by atoms with van der Waals surface area (Å²) in [6, 6.07) is 0. The van der Waals surface area contributed by atoms with Crippen LogP contribution in [0.25, 0.3) is 0 Å². The van der Waals surface area contributed by atoms with E-state index in [1.165, 1.54) is 6.26 Å². The molecule has 0 aliphatic carbocycles. The molecule has 0 rings (SSSR count). The second kappa shape index (κ2) is 4.20. The third-order valence-electron chi connectivity index (χ3n) is 1.06. The molecule has 0 aromatic heterocycles. The van der Waals surface area contributed by atoms with Crippen LogP contribution in [0.5, 0.6) is 0 Å². The molecule has 0 radical (unpaired) electrons. The molecule has 0 fully saturated rings. The Balaban J connectivity index is 3.90. The maximum absolute atomic E-state index is 10.7. The summed E-state index contributed by atoms with van der Waals surface area (Å²) in [5, 5.41) is 0. The highest BCUT2D eigenvalue weighted by molar-refractivity contribution is 8.70. The molecule has 3 nitrogen and oxygen atoms in total. The molecule has 0 saturated carbocycles. The molecule has 0 aliphatic rings. The van der Waals surface area contributed by atoms with E-state index < -0.39 is 9.15 Å². The minimum absolute atomic E-state index is 0.211. The summed E-state index contributed by atoms with van der Waals surface area (Å²) in [4.78, 5) is 0. The van der Waals surface area contributed by atoms with Gasteiger partial charge in [0.15, 0.2) is 0 Å². The van der Waals surface area contributed by atoms with Crippen molar-refractivity contribution in [2.75, 3.05) is 6.26 Å². The van der Waals surface area contributed by atoms with Crippen molar-refractivity contribution in [3.63, 3.8) is 0 Å². The van der Waals surface area contributed by atoms with Gasteiger partial charge in [-0.3, -0.25) is 4.18 Å². The molecule has 0 heterocycles. The quantitative estimate of drug-likeness (QED) is 0.620. The second-order valence-corrected chi connectivity index (χ2v) is 5.46. The standard InChI is InChI=1S/C5H12O3S2/c1-4-5(2)8-10(6,7)9-3/h5H,4H2,1-3H3/t5-/m1/s1. The molecular weight excluding hydrogens is 172 g/mol. The summed E-state index contributed by atoms with van der Waals surface area (Å²) in [6.45, 7) is 3.61. The van der Waals surface area contributed by atoms with Crippen LogP contribution in [-0.4, -0.2) is 20.8 Å². The van der Waals surface area contributed by atoms with Crippen molar-refractivity contribution in [3.8, 4) is 0 Å². The lowest BCUT2D eigenvalue weighted by molar-refractivity contribution is 0.232. The fourth-order valence-electron chi connectivity index (χ4n) is 0.309. The summed E-state index contributed by atoms with van der Waals surface area (Å²) in [7, 11) is -2.59. The Hall–Kier alpha value is 0.260. The van der Waals surface area contributed by atoms with Crippen molar-refractivity contribution < 1.29 is 12.6 Å². The van der Waals surface area contributed by atoms with Crippen LogP contribution in [0, 0.1) is 0 Å². The summed E-state index contributed by atoms with van der Waals surface area (Å²) in [6.07, 6.45) is 1.98. The number of rotatable bonds is 4. The number of hydrogen-bond acceptors (Lipinski definition) is 4. The Morgan fingerprint density at radius 2 is 2.10 bits per heavy atom. The van der Waals surface area contributed by atoms with Gasteiger partial charge in [0.05, 0.1) is 6.10 Å². The van der Waals surface area contributed by atoms with Crippen LogP contribution in [0.1, 0.15) is 20.3 Å². The Labute approximate surface area is 65.7 Å². The molecule has 5 heteroatoms. The van der Waals surface area contributed by atoms with E-state index in [-0.39, 0.29) is 6.10 Å². The normalized spacial score (nSPS) is 15.1. The van der Waals surface area contributed by atoms with Crippen LogP contribution in [0.15, 0.2) is 0 Å². The molecule has 1 atom stereocenters. The first kappa shape index (κ1) is 10.3. The van der Waals surface area contributed by atoms with Gasteiger partial charge in [-0.1, -0.05) is 6.92 Å². The largest absolute Gasteiger partial charge is 0.322 e. The van der Waals surface area contributed by atoms with Crippen LogP contribution in [-0.2, 0) is 13.3 Å². The molecule has 0 spiro atoms. The first-order valence-corrected chi connectivity index (χ1v) is 6.15. The van der Waals surface area contributed by atoms with Crippen LogP contribution in [0.4, 0.5) is 0 Å². The molecule has 0 aromatic rings. The summed E-state index contributed by atoms with van der Waals surface area (Å²) in [5.41, 5.74) is 0. The lowest BCUT2D eigenvalue weighted by Gasteiger charge is -2.07. The maximum Gasteiger partial charge on any atom is 0.322 e. The van der Waals surface area contributed by atoms with Gasteiger partial charge in [0.25, 0.3) is 0 Å². The fraction of sp³-hybridized carbons (Fsp3) is 1.00. The van der Waals surface area contributed by atoms with Crippen molar-refractivity contribution in [3.05, 3.63) is 0 Å². The van der Waals surface area contributed by atoms with E-state index in [1.807, 2.05) is 6.92 Å². The predicted molar refractivity (Wildman–Crippen MR) is 43.3 cm³/mol. The molecule has 0 unspecified atom stereocenters. The second-order valence-electron chi connectivity index (χ2n) is 1.89. The van der Waals surface area contributed by atoms with Gasteiger partial charge in [-0.15, -0.1) is 0 Å². The molecule has 0 bridgehead atoms. The SMILES string of the molecule is CC[C@@H](C)OS(=O)(=O)SC. The molecule has 10 heavy (non-hydrogen) atoms. The third-order valence-corrected chi connectivity index (χ3v) is 3.49. The van der Waals surface area contributed by atoms with Gasteiger partial charge in [-0.2, -0.15) is 8.42 Å². The van der Waals surface area contributed by atoms with Gasteiger partial charge in [0.2, 0.25) is 0 Å². The van der Waals surface area contributed by atoms with Crippen LogP contribution < -0.4 is 0 Å². The molecule has 0 N–H and O–H groups in total. The molecule has 0 amide bonds. The maximum atomic E-state index is 10.7. The van der Waals surface area contributed by atoms with E-state index in [2.05, 4.69) is 4.18 Å². The van der Waals surface area contributed by atoms with Gasteiger partial charge >= 0.3 is 9.15 Å². The minimum atomic E-state index is -3.31. The Kier molecular flexibility index (Phi) is 4.31. The van der Waals surface area contributed by atoms with Crippen molar-refractivity contribution in [1.82, 2.24) is 0 Å². The molecular formula is C5H12O3S2. The van der Waals surface area contributed by atoms with Crippen LogP contribution >= 0.6 is 10.8 Å². The lowest BCUT2D eigenvalue weighted by Crippen LogP contribution is -2.10. The third kappa shape index (κ3) is 4.14. The lowest BCUT2D eigenvalue weighted by atomic mass is 10.3. The van der Waals surface area contributed by atoms with E-state index in [0.29, 0.717) is 6.42 Å². The highest BCUT2D eigenvalue weighted by Gasteiger charge is 2.12. The van der Waals surface area contributed by atoms with Gasteiger partial charge in [0.1, 0.15) is 0 Å². The van der Waals surface area contributed by atoms with Gasteiger partial charge in [0, 0.05) is 0 Å². The molecule has 62 valence electrons. The highest BCUT2D eigenvalue weighted by Crippen LogP contribution is 2.13. The monoisotopic (exact) mass is 184 g/mol. The average molecular weight is 184 g/mol. The molecule has 0 aromatic carbocycles. The van der Waals surface area contributed by atoms with Crippen molar-refractivity contribution in [2.45, 2.75) is 26.4 Å². The van der Waals surface area contributed by atoms with E-state index in [1.54, 1.807) is 6.92 Å². The topological polar surface area (TPSA) is 43.4 Å². The minimum Gasteiger partial charge on any atom is -0.259 e. The van der Waals surface area contributed by atoms with Crippen molar-refractivity contribution in [2.24, 2.45) is 0 Å². The molecule has 0 saturated heterocycles. The number of hydrogen-bond donors (Lipinski definition) is 0. The van der Waals surface area contributed by atoms with E-state index in [9.17, 15) is 8.42 Å². The summed E-state index contributed by atoms with van der Waals surface area (Å²) >= 11 is 0. The predicted octanol–water partition coefficient (Wildman–Crippen LogP) is 1.41. The van der Waals surface area contributed by atoms with E-state index in [0.717, 1.165) is 10.8 Å².